The second-order valence-electron chi connectivity index (χ2n) is 4.23. The van der Waals surface area contributed by atoms with Crippen LogP contribution in [0.5, 0.6) is 11.5 Å². The molecule has 1 saturated heterocycles. The summed E-state index contributed by atoms with van der Waals surface area (Å²) in [5, 5.41) is 12.7. The molecule has 2 N–H and O–H groups in total. The maximum absolute atomic E-state index is 9.51. The van der Waals surface area contributed by atoms with E-state index in [0.29, 0.717) is 10.7 Å². The van der Waals surface area contributed by atoms with Crippen LogP contribution in [0.3, 0.4) is 0 Å². The molecule has 0 spiro atoms. The van der Waals surface area contributed by atoms with Gasteiger partial charge in [-0.2, -0.15) is 0 Å². The Labute approximate surface area is 112 Å². The van der Waals surface area contributed by atoms with Crippen molar-refractivity contribution in [1.82, 2.24) is 5.32 Å². The summed E-state index contributed by atoms with van der Waals surface area (Å²) in [4.78, 5) is 0.642. The Morgan fingerprint density at radius 2 is 2.44 bits per heavy atom. The van der Waals surface area contributed by atoms with Gasteiger partial charge in [0, 0.05) is 18.7 Å². The van der Waals surface area contributed by atoms with Gasteiger partial charge in [0.05, 0.1) is 13.2 Å². The summed E-state index contributed by atoms with van der Waals surface area (Å²) < 4.78 is 10.6. The van der Waals surface area contributed by atoms with Gasteiger partial charge < -0.3 is 19.9 Å². The van der Waals surface area contributed by atoms with Crippen molar-refractivity contribution < 1.29 is 14.6 Å². The summed E-state index contributed by atoms with van der Waals surface area (Å²) in [6.07, 6.45) is 2.45. The lowest BCUT2D eigenvalue weighted by Crippen LogP contribution is -2.31. The summed E-state index contributed by atoms with van der Waals surface area (Å²) in [6, 6.07) is 5.07. The van der Waals surface area contributed by atoms with E-state index in [9.17, 15) is 5.11 Å². The lowest BCUT2D eigenvalue weighted by atomic mass is 10.2. The Hall–Kier alpha value is -1.33. The smallest absolute Gasteiger partial charge is 0.161 e. The molecule has 4 nitrogen and oxygen atoms in total. The van der Waals surface area contributed by atoms with Gasteiger partial charge in [-0.1, -0.05) is 12.2 Å². The van der Waals surface area contributed by atoms with Crippen LogP contribution in [0.1, 0.15) is 18.4 Å². The fourth-order valence-corrected chi connectivity index (χ4v) is 2.14. The molecule has 0 amide bonds. The van der Waals surface area contributed by atoms with Gasteiger partial charge in [0.15, 0.2) is 11.5 Å². The zero-order valence-corrected chi connectivity index (χ0v) is 11.1. The van der Waals surface area contributed by atoms with E-state index in [1.165, 1.54) is 7.11 Å². The summed E-state index contributed by atoms with van der Waals surface area (Å²) >= 11 is 5.30. The van der Waals surface area contributed by atoms with Crippen molar-refractivity contribution in [2.45, 2.75) is 18.9 Å². The Morgan fingerprint density at radius 1 is 1.61 bits per heavy atom. The second-order valence-corrected chi connectivity index (χ2v) is 4.64. The van der Waals surface area contributed by atoms with Gasteiger partial charge in [-0.3, -0.25) is 0 Å². The first kappa shape index (κ1) is 13.1. The molecule has 0 aliphatic carbocycles. The van der Waals surface area contributed by atoms with E-state index in [-0.39, 0.29) is 11.9 Å². The minimum atomic E-state index is 0.114. The van der Waals surface area contributed by atoms with Gasteiger partial charge in [0.2, 0.25) is 0 Å². The van der Waals surface area contributed by atoms with Crippen LogP contribution in [-0.2, 0) is 4.74 Å². The van der Waals surface area contributed by atoms with Gasteiger partial charge >= 0.3 is 0 Å². The number of hydrogen-bond acceptors (Lipinski definition) is 4. The first-order valence-corrected chi connectivity index (χ1v) is 6.38. The zero-order valence-electron chi connectivity index (χ0n) is 10.3. The van der Waals surface area contributed by atoms with Crippen LogP contribution in [0.4, 0.5) is 0 Å². The highest BCUT2D eigenvalue weighted by Crippen LogP contribution is 2.26. The standard InChI is InChI=1S/C13H17NO3S/c1-16-12-7-9(4-5-11(12)15)13(18)14-8-10-3-2-6-17-10/h4-5,7,10,15H,2-3,6,8H2,1H3,(H,14,18). The summed E-state index contributed by atoms with van der Waals surface area (Å²) in [5.41, 5.74) is 0.831. The zero-order chi connectivity index (χ0) is 13.0. The molecule has 1 aromatic rings. The lowest BCUT2D eigenvalue weighted by Gasteiger charge is -2.13. The van der Waals surface area contributed by atoms with Crippen molar-refractivity contribution in [1.29, 1.82) is 0 Å². The van der Waals surface area contributed by atoms with Gasteiger partial charge in [-0.15, -0.1) is 0 Å². The number of nitrogens with one attached hydrogen (secondary N) is 1. The summed E-state index contributed by atoms with van der Waals surface area (Å²) in [6.45, 7) is 1.56. The maximum Gasteiger partial charge on any atom is 0.161 e. The Bertz CT molecular complexity index is 430. The quantitative estimate of drug-likeness (QED) is 0.815. The number of phenols is 1. The molecule has 0 bridgehead atoms. The van der Waals surface area contributed by atoms with E-state index >= 15 is 0 Å². The minimum absolute atomic E-state index is 0.114. The van der Waals surface area contributed by atoms with Crippen molar-refractivity contribution in [2.75, 3.05) is 20.3 Å². The maximum atomic E-state index is 9.51. The van der Waals surface area contributed by atoms with Gasteiger partial charge in [0.25, 0.3) is 0 Å². The van der Waals surface area contributed by atoms with E-state index in [2.05, 4.69) is 5.32 Å². The molecule has 1 heterocycles. The van der Waals surface area contributed by atoms with Crippen LogP contribution in [-0.4, -0.2) is 36.5 Å². The molecule has 5 heteroatoms. The normalized spacial score (nSPS) is 18.6. The number of ether oxygens (including phenoxy) is 2. The molecule has 1 aromatic carbocycles. The first-order chi connectivity index (χ1) is 8.70. The van der Waals surface area contributed by atoms with Crippen LogP contribution in [0, 0.1) is 0 Å². The van der Waals surface area contributed by atoms with E-state index in [4.69, 9.17) is 21.7 Å². The molecule has 18 heavy (non-hydrogen) atoms. The number of phenolic OH excluding ortho intramolecular Hbond substituents is 1. The Morgan fingerprint density at radius 3 is 3.11 bits per heavy atom. The van der Waals surface area contributed by atoms with E-state index in [1.54, 1.807) is 18.2 Å². The predicted octanol–water partition coefficient (Wildman–Crippen LogP) is 1.84. The highest BCUT2D eigenvalue weighted by atomic mass is 32.1. The van der Waals surface area contributed by atoms with Crippen LogP contribution >= 0.6 is 12.2 Å². The van der Waals surface area contributed by atoms with Crippen LogP contribution in [0.25, 0.3) is 0 Å². The molecule has 1 fully saturated rings. The molecule has 0 aromatic heterocycles. The molecule has 0 radical (unpaired) electrons. The number of thiocarbonyl (C=S) groups is 1. The molecule has 1 atom stereocenters. The molecule has 1 aliphatic rings. The van der Waals surface area contributed by atoms with Crippen LogP contribution < -0.4 is 10.1 Å². The van der Waals surface area contributed by atoms with Gasteiger partial charge in [0.1, 0.15) is 4.99 Å². The third-order valence-corrected chi connectivity index (χ3v) is 3.34. The number of hydrogen-bond donors (Lipinski definition) is 2. The average Bonchev–Trinajstić information content (AvgIpc) is 2.89. The molecular weight excluding hydrogens is 250 g/mol. The largest absolute Gasteiger partial charge is 0.504 e. The van der Waals surface area contributed by atoms with E-state index < -0.39 is 0 Å². The topological polar surface area (TPSA) is 50.7 Å². The summed E-state index contributed by atoms with van der Waals surface area (Å²) in [7, 11) is 1.52. The Kier molecular flexibility index (Phi) is 4.38. The van der Waals surface area contributed by atoms with E-state index in [1.807, 2.05) is 0 Å². The number of methoxy groups -OCH3 is 1. The highest BCUT2D eigenvalue weighted by molar-refractivity contribution is 7.80. The van der Waals surface area contributed by atoms with Crippen LogP contribution in [0.15, 0.2) is 18.2 Å². The fraction of sp³-hybridized carbons (Fsp3) is 0.462. The molecule has 98 valence electrons. The van der Waals surface area contributed by atoms with Gasteiger partial charge in [-0.05, 0) is 31.0 Å². The number of rotatable bonds is 4. The SMILES string of the molecule is COc1cc(C(=S)NCC2CCCO2)ccc1O. The fourth-order valence-electron chi connectivity index (χ4n) is 1.93. The first-order valence-electron chi connectivity index (χ1n) is 5.97. The molecular formula is C13H17NO3S. The molecule has 2 rings (SSSR count). The molecule has 1 aliphatic heterocycles. The molecule has 1 unspecified atom stereocenters. The monoisotopic (exact) mass is 267 g/mol. The predicted molar refractivity (Wildman–Crippen MR) is 73.3 cm³/mol. The van der Waals surface area contributed by atoms with Crippen molar-refractivity contribution >= 4 is 17.2 Å². The van der Waals surface area contributed by atoms with Crippen molar-refractivity contribution in [3.8, 4) is 11.5 Å². The third-order valence-electron chi connectivity index (χ3n) is 2.96. The minimum Gasteiger partial charge on any atom is -0.504 e. The lowest BCUT2D eigenvalue weighted by molar-refractivity contribution is 0.114. The van der Waals surface area contributed by atoms with Crippen molar-refractivity contribution in [3.05, 3.63) is 23.8 Å². The summed E-state index contributed by atoms with van der Waals surface area (Å²) in [5.74, 6) is 0.539. The Balaban J connectivity index is 1.95. The van der Waals surface area contributed by atoms with Gasteiger partial charge in [-0.25, -0.2) is 0 Å². The molecule has 0 saturated carbocycles. The van der Waals surface area contributed by atoms with Crippen LogP contribution in [0.2, 0.25) is 0 Å². The highest BCUT2D eigenvalue weighted by Gasteiger charge is 2.16. The second kappa shape index (κ2) is 6.02. The number of aromatic hydroxyl groups is 1. The van der Waals surface area contributed by atoms with Crippen molar-refractivity contribution in [3.63, 3.8) is 0 Å². The average molecular weight is 267 g/mol. The third kappa shape index (κ3) is 3.11. The van der Waals surface area contributed by atoms with Crippen molar-refractivity contribution in [2.24, 2.45) is 0 Å². The number of benzene rings is 1. The van der Waals surface area contributed by atoms with E-state index in [0.717, 1.165) is 31.6 Å².